The predicted octanol–water partition coefficient (Wildman–Crippen LogP) is 4.18. The Bertz CT molecular complexity index is 689. The SMILES string of the molecule is C[C@H]1CCCC[C@@H]1NC(=O)CSc1nnc(-c2ccc(Cl)cc2)o1. The van der Waals surface area contributed by atoms with E-state index in [-0.39, 0.29) is 11.7 Å². The maximum atomic E-state index is 12.1. The van der Waals surface area contributed by atoms with Crippen molar-refractivity contribution in [3.8, 4) is 11.5 Å². The summed E-state index contributed by atoms with van der Waals surface area (Å²) in [6, 6.07) is 7.47. The lowest BCUT2D eigenvalue weighted by molar-refractivity contribution is -0.119. The van der Waals surface area contributed by atoms with E-state index in [1.54, 1.807) is 12.1 Å². The summed E-state index contributed by atoms with van der Waals surface area (Å²) in [5, 5.41) is 12.2. The minimum Gasteiger partial charge on any atom is -0.411 e. The van der Waals surface area contributed by atoms with Crippen molar-refractivity contribution < 1.29 is 9.21 Å². The molecule has 1 fully saturated rings. The highest BCUT2D eigenvalue weighted by Crippen LogP contribution is 2.26. The Kier molecular flexibility index (Phi) is 5.79. The van der Waals surface area contributed by atoms with Crippen LogP contribution in [0.5, 0.6) is 0 Å². The Morgan fingerprint density at radius 1 is 1.29 bits per heavy atom. The first kappa shape index (κ1) is 17.3. The highest BCUT2D eigenvalue weighted by Gasteiger charge is 2.23. The molecule has 0 unspecified atom stereocenters. The largest absolute Gasteiger partial charge is 0.411 e. The topological polar surface area (TPSA) is 68.0 Å². The maximum Gasteiger partial charge on any atom is 0.277 e. The van der Waals surface area contributed by atoms with E-state index in [9.17, 15) is 4.79 Å². The summed E-state index contributed by atoms with van der Waals surface area (Å²) in [6.45, 7) is 2.20. The number of nitrogens with one attached hydrogen (secondary N) is 1. The van der Waals surface area contributed by atoms with Gasteiger partial charge in [0.2, 0.25) is 11.8 Å². The number of thioether (sulfide) groups is 1. The molecule has 1 N–H and O–H groups in total. The molecule has 0 spiro atoms. The minimum absolute atomic E-state index is 0.0185. The van der Waals surface area contributed by atoms with Crippen LogP contribution in [-0.2, 0) is 4.79 Å². The van der Waals surface area contributed by atoms with Gasteiger partial charge in [-0.15, -0.1) is 10.2 Å². The van der Waals surface area contributed by atoms with Gasteiger partial charge in [-0.2, -0.15) is 0 Å². The van der Waals surface area contributed by atoms with Crippen molar-refractivity contribution >= 4 is 29.3 Å². The van der Waals surface area contributed by atoms with Crippen LogP contribution < -0.4 is 5.32 Å². The van der Waals surface area contributed by atoms with Crippen LogP contribution in [-0.4, -0.2) is 27.9 Å². The molecule has 1 aliphatic carbocycles. The Morgan fingerprint density at radius 2 is 2.04 bits per heavy atom. The third-order valence-corrected chi connectivity index (χ3v) is 5.35. The number of hydrogen-bond acceptors (Lipinski definition) is 5. The monoisotopic (exact) mass is 365 g/mol. The van der Waals surface area contributed by atoms with Crippen LogP contribution >= 0.6 is 23.4 Å². The summed E-state index contributed by atoms with van der Waals surface area (Å²) in [4.78, 5) is 12.1. The number of hydrogen-bond donors (Lipinski definition) is 1. The van der Waals surface area contributed by atoms with Crippen molar-refractivity contribution in [1.29, 1.82) is 0 Å². The highest BCUT2D eigenvalue weighted by atomic mass is 35.5. The molecule has 0 saturated heterocycles. The van der Waals surface area contributed by atoms with Crippen LogP contribution in [0.15, 0.2) is 33.9 Å². The summed E-state index contributed by atoms with van der Waals surface area (Å²) >= 11 is 7.12. The zero-order valence-corrected chi connectivity index (χ0v) is 15.1. The van der Waals surface area contributed by atoms with Crippen LogP contribution in [0.3, 0.4) is 0 Å². The van der Waals surface area contributed by atoms with E-state index in [2.05, 4.69) is 22.4 Å². The molecule has 0 radical (unpaired) electrons. The molecule has 128 valence electrons. The first-order valence-electron chi connectivity index (χ1n) is 8.13. The quantitative estimate of drug-likeness (QED) is 0.805. The lowest BCUT2D eigenvalue weighted by Crippen LogP contribution is -2.41. The zero-order chi connectivity index (χ0) is 16.9. The van der Waals surface area contributed by atoms with Gasteiger partial charge in [-0.05, 0) is 43.0 Å². The van der Waals surface area contributed by atoms with Gasteiger partial charge in [-0.1, -0.05) is 43.1 Å². The number of carbonyl (C=O) groups excluding carboxylic acids is 1. The Morgan fingerprint density at radius 3 is 2.79 bits per heavy atom. The number of carbonyl (C=O) groups is 1. The van der Waals surface area contributed by atoms with Crippen LogP contribution in [0, 0.1) is 5.92 Å². The lowest BCUT2D eigenvalue weighted by Gasteiger charge is -2.29. The third kappa shape index (κ3) is 4.51. The molecule has 1 aromatic heterocycles. The molecule has 1 amide bonds. The van der Waals surface area contributed by atoms with Gasteiger partial charge in [0, 0.05) is 16.6 Å². The number of benzene rings is 1. The van der Waals surface area contributed by atoms with E-state index in [1.807, 2.05) is 12.1 Å². The fourth-order valence-corrected chi connectivity index (χ4v) is 3.58. The Balaban J connectivity index is 1.51. The Hall–Kier alpha value is -1.53. The first-order chi connectivity index (χ1) is 11.6. The molecule has 5 nitrogen and oxygen atoms in total. The standard InChI is InChI=1S/C17H20ClN3O2S/c1-11-4-2-3-5-14(11)19-15(22)10-24-17-21-20-16(23-17)12-6-8-13(18)9-7-12/h6-9,11,14H,2-5,10H2,1H3,(H,19,22)/t11-,14-/m0/s1. The molecule has 7 heteroatoms. The molecule has 2 aromatic rings. The average Bonchev–Trinajstić information content (AvgIpc) is 3.05. The number of aromatic nitrogens is 2. The van der Waals surface area contributed by atoms with E-state index in [1.165, 1.54) is 31.0 Å². The number of nitrogens with zero attached hydrogens (tertiary/aromatic N) is 2. The first-order valence-corrected chi connectivity index (χ1v) is 9.50. The van der Waals surface area contributed by atoms with Gasteiger partial charge in [0.1, 0.15) is 0 Å². The van der Waals surface area contributed by atoms with E-state index in [0.29, 0.717) is 28.1 Å². The average molecular weight is 366 g/mol. The predicted molar refractivity (Wildman–Crippen MR) is 95.0 cm³/mol. The lowest BCUT2D eigenvalue weighted by atomic mass is 9.86. The smallest absolute Gasteiger partial charge is 0.277 e. The Labute approximate surface area is 150 Å². The highest BCUT2D eigenvalue weighted by molar-refractivity contribution is 7.99. The second-order valence-corrected chi connectivity index (χ2v) is 7.47. The maximum absolute atomic E-state index is 12.1. The zero-order valence-electron chi connectivity index (χ0n) is 13.5. The van der Waals surface area contributed by atoms with Crippen molar-refractivity contribution in [1.82, 2.24) is 15.5 Å². The molecule has 3 rings (SSSR count). The molecule has 1 heterocycles. The third-order valence-electron chi connectivity index (χ3n) is 4.28. The van der Waals surface area contributed by atoms with Gasteiger partial charge in [0.05, 0.1) is 5.75 Å². The fraction of sp³-hybridized carbons (Fsp3) is 0.471. The van der Waals surface area contributed by atoms with Crippen molar-refractivity contribution in [3.63, 3.8) is 0 Å². The van der Waals surface area contributed by atoms with E-state index < -0.39 is 0 Å². The van der Waals surface area contributed by atoms with Crippen LogP contribution in [0.1, 0.15) is 32.6 Å². The van der Waals surface area contributed by atoms with Gasteiger partial charge >= 0.3 is 0 Å². The van der Waals surface area contributed by atoms with Crippen molar-refractivity contribution in [3.05, 3.63) is 29.3 Å². The van der Waals surface area contributed by atoms with Crippen LogP contribution in [0.4, 0.5) is 0 Å². The molecule has 24 heavy (non-hydrogen) atoms. The number of rotatable bonds is 5. The normalized spacial score (nSPS) is 20.8. The van der Waals surface area contributed by atoms with Crippen molar-refractivity contribution in [2.75, 3.05) is 5.75 Å². The number of halogens is 1. The summed E-state index contributed by atoms with van der Waals surface area (Å²) in [7, 11) is 0. The fourth-order valence-electron chi connectivity index (χ4n) is 2.88. The second-order valence-electron chi connectivity index (χ2n) is 6.10. The molecule has 0 aliphatic heterocycles. The van der Waals surface area contributed by atoms with Gasteiger partial charge in [0.15, 0.2) is 0 Å². The van der Waals surface area contributed by atoms with Gasteiger partial charge in [0.25, 0.3) is 5.22 Å². The number of amides is 1. The molecule has 1 saturated carbocycles. The van der Waals surface area contributed by atoms with Gasteiger partial charge in [-0.25, -0.2) is 0 Å². The molecule has 0 bridgehead atoms. The second kappa shape index (κ2) is 8.03. The van der Waals surface area contributed by atoms with Crippen LogP contribution in [0.25, 0.3) is 11.5 Å². The van der Waals surface area contributed by atoms with E-state index in [0.717, 1.165) is 12.0 Å². The molecule has 2 atom stereocenters. The molecule has 1 aliphatic rings. The van der Waals surface area contributed by atoms with Crippen molar-refractivity contribution in [2.45, 2.75) is 43.9 Å². The van der Waals surface area contributed by atoms with Crippen LogP contribution in [0.2, 0.25) is 5.02 Å². The van der Waals surface area contributed by atoms with Gasteiger partial charge < -0.3 is 9.73 Å². The van der Waals surface area contributed by atoms with E-state index in [4.69, 9.17) is 16.0 Å². The summed E-state index contributed by atoms with van der Waals surface area (Å²) in [5.41, 5.74) is 0.805. The molecular weight excluding hydrogens is 346 g/mol. The molecule has 1 aromatic carbocycles. The van der Waals surface area contributed by atoms with Crippen molar-refractivity contribution in [2.24, 2.45) is 5.92 Å². The van der Waals surface area contributed by atoms with Gasteiger partial charge in [-0.3, -0.25) is 4.79 Å². The summed E-state index contributed by atoms with van der Waals surface area (Å²) in [5.74, 6) is 1.28. The van der Waals surface area contributed by atoms with E-state index >= 15 is 0 Å². The minimum atomic E-state index is 0.0185. The summed E-state index contributed by atoms with van der Waals surface area (Å²) < 4.78 is 5.59. The summed E-state index contributed by atoms with van der Waals surface area (Å²) in [6.07, 6.45) is 4.71. The molecular formula is C17H20ClN3O2S.